The molecule has 0 bridgehead atoms. The van der Waals surface area contributed by atoms with Crippen molar-refractivity contribution in [1.29, 1.82) is 0 Å². The van der Waals surface area contributed by atoms with Crippen LogP contribution in [0.2, 0.25) is 0 Å². The van der Waals surface area contributed by atoms with Crippen LogP contribution in [0.25, 0.3) is 11.3 Å². The summed E-state index contributed by atoms with van der Waals surface area (Å²) >= 11 is 0. The van der Waals surface area contributed by atoms with Gasteiger partial charge in [0.25, 0.3) is 0 Å². The van der Waals surface area contributed by atoms with Gasteiger partial charge in [0.2, 0.25) is 0 Å². The van der Waals surface area contributed by atoms with E-state index in [9.17, 15) is 4.79 Å². The third-order valence-corrected chi connectivity index (χ3v) is 2.79. The largest absolute Gasteiger partial charge is 0.356 e. The van der Waals surface area contributed by atoms with Crippen LogP contribution in [-0.2, 0) is 0 Å². The molecule has 0 atom stereocenters. The van der Waals surface area contributed by atoms with Crippen molar-refractivity contribution in [1.82, 2.24) is 5.16 Å². The van der Waals surface area contributed by atoms with Gasteiger partial charge in [0, 0.05) is 5.56 Å². The molecule has 17 heavy (non-hydrogen) atoms. The zero-order valence-electron chi connectivity index (χ0n) is 10.2. The normalized spacial score (nSPS) is 10.8. The number of nitrogens with zero attached hydrogens (tertiary/aromatic N) is 1. The van der Waals surface area contributed by atoms with Crippen LogP contribution in [-0.4, -0.2) is 10.9 Å². The van der Waals surface area contributed by atoms with Crippen molar-refractivity contribution in [3.8, 4) is 11.3 Å². The van der Waals surface area contributed by atoms with E-state index in [1.165, 1.54) is 18.7 Å². The van der Waals surface area contributed by atoms with Crippen molar-refractivity contribution in [3.63, 3.8) is 0 Å². The number of aromatic nitrogens is 1. The molecule has 0 aliphatic rings. The van der Waals surface area contributed by atoms with Gasteiger partial charge in [-0.3, -0.25) is 4.79 Å². The number of hydrogen-bond donors (Lipinski definition) is 0. The van der Waals surface area contributed by atoms with E-state index in [4.69, 9.17) is 4.52 Å². The number of rotatable bonds is 3. The number of hydrogen-bond acceptors (Lipinski definition) is 3. The molecule has 0 unspecified atom stereocenters. The van der Waals surface area contributed by atoms with E-state index in [1.807, 2.05) is 24.3 Å². The first kappa shape index (κ1) is 11.6. The monoisotopic (exact) mass is 229 g/mol. The Kier molecular flexibility index (Phi) is 3.09. The quantitative estimate of drug-likeness (QED) is 0.754. The predicted octanol–water partition coefficient (Wildman–Crippen LogP) is 3.67. The van der Waals surface area contributed by atoms with Gasteiger partial charge in [0.15, 0.2) is 11.5 Å². The summed E-state index contributed by atoms with van der Waals surface area (Å²) in [6.07, 6.45) is 1.47. The Labute approximate surface area is 100 Å². The average molecular weight is 229 g/mol. The summed E-state index contributed by atoms with van der Waals surface area (Å²) in [7, 11) is 0. The van der Waals surface area contributed by atoms with Crippen LogP contribution in [0.4, 0.5) is 0 Å². The van der Waals surface area contributed by atoms with Gasteiger partial charge < -0.3 is 4.52 Å². The van der Waals surface area contributed by atoms with Gasteiger partial charge in [-0.15, -0.1) is 0 Å². The maximum absolute atomic E-state index is 11.4. The van der Waals surface area contributed by atoms with Crippen molar-refractivity contribution in [2.75, 3.05) is 0 Å². The highest BCUT2D eigenvalue weighted by Gasteiger charge is 2.14. The lowest BCUT2D eigenvalue weighted by molar-refractivity contribution is 0.101. The summed E-state index contributed by atoms with van der Waals surface area (Å²) in [5.74, 6) is 1.01. The van der Waals surface area contributed by atoms with Gasteiger partial charge in [-0.05, 0) is 18.4 Å². The fraction of sp³-hybridized carbons (Fsp3) is 0.286. The third kappa shape index (κ3) is 2.28. The zero-order valence-corrected chi connectivity index (χ0v) is 10.2. The van der Waals surface area contributed by atoms with Gasteiger partial charge in [-0.25, -0.2) is 0 Å². The smallest absolute Gasteiger partial charge is 0.177 e. The van der Waals surface area contributed by atoms with E-state index in [2.05, 4.69) is 19.0 Å². The molecule has 0 saturated carbocycles. The lowest BCUT2D eigenvalue weighted by Crippen LogP contribution is -1.92. The van der Waals surface area contributed by atoms with Gasteiger partial charge in [-0.2, -0.15) is 0 Å². The van der Waals surface area contributed by atoms with Crippen molar-refractivity contribution in [2.24, 2.45) is 0 Å². The molecular formula is C14H15NO2. The molecule has 3 heteroatoms. The highest BCUT2D eigenvalue weighted by Crippen LogP contribution is 2.25. The summed E-state index contributed by atoms with van der Waals surface area (Å²) in [5, 5.41) is 3.68. The highest BCUT2D eigenvalue weighted by atomic mass is 16.5. The fourth-order valence-corrected chi connectivity index (χ4v) is 1.72. The van der Waals surface area contributed by atoms with Crippen molar-refractivity contribution >= 4 is 5.78 Å². The molecule has 1 heterocycles. The van der Waals surface area contributed by atoms with E-state index >= 15 is 0 Å². The van der Waals surface area contributed by atoms with E-state index < -0.39 is 0 Å². The molecule has 0 spiro atoms. The van der Waals surface area contributed by atoms with E-state index in [0.29, 0.717) is 17.2 Å². The summed E-state index contributed by atoms with van der Waals surface area (Å²) < 4.78 is 5.14. The molecule has 0 saturated heterocycles. The van der Waals surface area contributed by atoms with Crippen LogP contribution in [0.15, 0.2) is 35.0 Å². The Bertz CT molecular complexity index is 523. The Morgan fingerprint density at radius 1 is 1.24 bits per heavy atom. The SMILES string of the molecule is CC(=O)c1cnoc1-c1ccc(C(C)C)cc1. The maximum atomic E-state index is 11.4. The topological polar surface area (TPSA) is 43.1 Å². The van der Waals surface area contributed by atoms with Crippen LogP contribution in [0.3, 0.4) is 0 Å². The molecule has 1 aromatic heterocycles. The molecule has 2 aromatic rings. The first-order chi connectivity index (χ1) is 8.09. The third-order valence-electron chi connectivity index (χ3n) is 2.79. The molecule has 0 aliphatic carbocycles. The summed E-state index contributed by atoms with van der Waals surface area (Å²) in [4.78, 5) is 11.4. The number of benzene rings is 1. The second-order valence-electron chi connectivity index (χ2n) is 4.40. The average Bonchev–Trinajstić information content (AvgIpc) is 2.78. The van der Waals surface area contributed by atoms with E-state index in [0.717, 1.165) is 5.56 Å². The molecule has 2 rings (SSSR count). The Morgan fingerprint density at radius 2 is 1.88 bits per heavy atom. The lowest BCUT2D eigenvalue weighted by Gasteiger charge is -2.05. The van der Waals surface area contributed by atoms with Gasteiger partial charge >= 0.3 is 0 Å². The van der Waals surface area contributed by atoms with Crippen LogP contribution < -0.4 is 0 Å². The number of carbonyl (C=O) groups is 1. The zero-order chi connectivity index (χ0) is 12.4. The molecule has 0 fully saturated rings. The van der Waals surface area contributed by atoms with Crippen molar-refractivity contribution < 1.29 is 9.32 Å². The molecule has 3 nitrogen and oxygen atoms in total. The Morgan fingerprint density at radius 3 is 2.41 bits per heavy atom. The first-order valence-electron chi connectivity index (χ1n) is 5.65. The molecular weight excluding hydrogens is 214 g/mol. The standard InChI is InChI=1S/C14H15NO2/c1-9(2)11-4-6-12(7-5-11)14-13(10(3)16)8-15-17-14/h4-9H,1-3H3. The molecule has 0 N–H and O–H groups in total. The Hall–Kier alpha value is -1.90. The summed E-state index contributed by atoms with van der Waals surface area (Å²) in [5.41, 5.74) is 2.68. The van der Waals surface area contributed by atoms with Gasteiger partial charge in [0.1, 0.15) is 0 Å². The van der Waals surface area contributed by atoms with Gasteiger partial charge in [0.05, 0.1) is 11.8 Å². The van der Waals surface area contributed by atoms with E-state index in [-0.39, 0.29) is 5.78 Å². The number of carbonyl (C=O) groups excluding carboxylic acids is 1. The number of Topliss-reactive ketones (excluding diaryl/α,β-unsaturated/α-hetero) is 1. The number of ketones is 1. The minimum atomic E-state index is -0.0332. The van der Waals surface area contributed by atoms with Crippen LogP contribution in [0.5, 0.6) is 0 Å². The Balaban J connectivity index is 2.40. The van der Waals surface area contributed by atoms with Crippen LogP contribution >= 0.6 is 0 Å². The molecule has 88 valence electrons. The maximum Gasteiger partial charge on any atom is 0.177 e. The van der Waals surface area contributed by atoms with E-state index in [1.54, 1.807) is 0 Å². The van der Waals surface area contributed by atoms with Crippen LogP contribution in [0, 0.1) is 0 Å². The van der Waals surface area contributed by atoms with Crippen LogP contribution in [0.1, 0.15) is 42.6 Å². The highest BCUT2D eigenvalue weighted by molar-refractivity contribution is 5.99. The predicted molar refractivity (Wildman–Crippen MR) is 66.0 cm³/mol. The second kappa shape index (κ2) is 4.53. The van der Waals surface area contributed by atoms with Crippen molar-refractivity contribution in [2.45, 2.75) is 26.7 Å². The summed E-state index contributed by atoms with van der Waals surface area (Å²) in [6, 6.07) is 8.02. The minimum absolute atomic E-state index is 0.0332. The second-order valence-corrected chi connectivity index (χ2v) is 4.40. The first-order valence-corrected chi connectivity index (χ1v) is 5.65. The fourth-order valence-electron chi connectivity index (χ4n) is 1.72. The molecule has 0 radical (unpaired) electrons. The molecule has 0 aliphatic heterocycles. The lowest BCUT2D eigenvalue weighted by atomic mass is 10.00. The van der Waals surface area contributed by atoms with Gasteiger partial charge in [-0.1, -0.05) is 43.3 Å². The molecule has 0 amide bonds. The molecule has 1 aromatic carbocycles. The minimum Gasteiger partial charge on any atom is -0.356 e. The van der Waals surface area contributed by atoms with Crippen molar-refractivity contribution in [3.05, 3.63) is 41.6 Å². The summed E-state index contributed by atoms with van der Waals surface area (Å²) in [6.45, 7) is 5.80.